The van der Waals surface area contributed by atoms with Crippen LogP contribution in [0.2, 0.25) is 0 Å². The van der Waals surface area contributed by atoms with E-state index in [9.17, 15) is 34.8 Å². The van der Waals surface area contributed by atoms with E-state index in [0.717, 1.165) is 57.8 Å². The van der Waals surface area contributed by atoms with E-state index in [1.165, 1.54) is 199 Å². The third-order valence-electron chi connectivity index (χ3n) is 14.6. The molecule has 6 N–H and O–H groups in total. The van der Waals surface area contributed by atoms with E-state index < -0.39 is 55.5 Å². The Labute approximate surface area is 426 Å². The summed E-state index contributed by atoms with van der Waals surface area (Å²) >= 11 is 0. The lowest BCUT2D eigenvalue weighted by Gasteiger charge is -2.37. The summed E-state index contributed by atoms with van der Waals surface area (Å²) in [5.41, 5.74) is -3.79. The van der Waals surface area contributed by atoms with Crippen molar-refractivity contribution < 1.29 is 39.5 Å². The van der Waals surface area contributed by atoms with Crippen LogP contribution in [0.15, 0.2) is 0 Å². The molecule has 2 unspecified atom stereocenters. The summed E-state index contributed by atoms with van der Waals surface area (Å²) in [5.74, 6) is -1.87. The highest BCUT2D eigenvalue weighted by molar-refractivity contribution is 5.89. The molecule has 0 aliphatic rings. The molecule has 0 spiro atoms. The number of nitrogens with one attached hydrogen (secondary N) is 2. The van der Waals surface area contributed by atoms with Crippen molar-refractivity contribution >= 4 is 17.8 Å². The molecule has 0 bridgehead atoms. The van der Waals surface area contributed by atoms with Crippen LogP contribution < -0.4 is 10.6 Å². The lowest BCUT2D eigenvalue weighted by Crippen LogP contribution is -2.66. The zero-order valence-corrected chi connectivity index (χ0v) is 45.9. The maximum atomic E-state index is 14.0. The summed E-state index contributed by atoms with van der Waals surface area (Å²) in [6.07, 6.45) is 50.6. The second kappa shape index (κ2) is 49.8. The van der Waals surface area contributed by atoms with Gasteiger partial charge in [0.15, 0.2) is 5.54 Å². The number of esters is 1. The summed E-state index contributed by atoms with van der Waals surface area (Å²) in [6, 6.07) is 0. The maximum absolute atomic E-state index is 14.0. The van der Waals surface area contributed by atoms with E-state index >= 15 is 0 Å². The number of carbonyl (C=O) groups excluding carboxylic acids is 3. The van der Waals surface area contributed by atoms with Crippen molar-refractivity contribution in [2.45, 2.75) is 333 Å². The first-order valence-electron chi connectivity index (χ1n) is 30.0. The smallest absolute Gasteiger partial charge is 0.337 e. The topological polar surface area (TPSA) is 165 Å². The predicted octanol–water partition coefficient (Wildman–Crippen LogP) is 14.6. The Morgan fingerprint density at radius 3 is 0.913 bits per heavy atom. The van der Waals surface area contributed by atoms with Crippen molar-refractivity contribution in [2.75, 3.05) is 26.4 Å². The Bertz CT molecular complexity index is 1140. The third-order valence-corrected chi connectivity index (χ3v) is 14.6. The van der Waals surface area contributed by atoms with E-state index in [1.54, 1.807) is 0 Å². The van der Waals surface area contributed by atoms with Crippen LogP contribution in [0.25, 0.3) is 0 Å². The van der Waals surface area contributed by atoms with Crippen molar-refractivity contribution in [1.82, 2.24) is 10.6 Å². The normalized spacial score (nSPS) is 13.1. The zero-order valence-electron chi connectivity index (χ0n) is 45.9. The van der Waals surface area contributed by atoms with Crippen molar-refractivity contribution in [1.29, 1.82) is 0 Å². The SMILES string of the molecule is CCCCCCCCCCCCCCCCCC(=O)NC(CO)(CO)COC(=O)C(CO)(NC(=O)CCCCCCCCCCCCCCCCC)C(O)CCCCCCCCCCCCCCC. The quantitative estimate of drug-likeness (QED) is 0.0259. The van der Waals surface area contributed by atoms with Crippen LogP contribution in [0.3, 0.4) is 0 Å². The number of hydrogen-bond acceptors (Lipinski definition) is 8. The second-order valence-electron chi connectivity index (χ2n) is 21.3. The van der Waals surface area contributed by atoms with Gasteiger partial charge in [0.05, 0.1) is 25.9 Å². The molecule has 0 radical (unpaired) electrons. The van der Waals surface area contributed by atoms with Crippen LogP contribution in [0, 0.1) is 0 Å². The highest BCUT2D eigenvalue weighted by Crippen LogP contribution is 2.23. The van der Waals surface area contributed by atoms with Gasteiger partial charge in [0, 0.05) is 12.8 Å². The summed E-state index contributed by atoms with van der Waals surface area (Å²) < 4.78 is 5.64. The Morgan fingerprint density at radius 2 is 0.638 bits per heavy atom. The largest absolute Gasteiger partial charge is 0.461 e. The van der Waals surface area contributed by atoms with E-state index in [1.807, 2.05) is 0 Å². The number of unbranched alkanes of at least 4 members (excludes halogenated alkanes) is 40. The second-order valence-corrected chi connectivity index (χ2v) is 21.3. The third kappa shape index (κ3) is 38.5. The summed E-state index contributed by atoms with van der Waals surface area (Å²) in [6.45, 7) is 3.89. The van der Waals surface area contributed by atoms with Crippen molar-refractivity contribution in [2.24, 2.45) is 0 Å². The molecule has 10 heteroatoms. The molecule has 0 heterocycles. The molecule has 0 saturated heterocycles. The number of aliphatic hydroxyl groups excluding tert-OH is 4. The average molecular weight is 982 g/mol. The van der Waals surface area contributed by atoms with Crippen LogP contribution in [0.1, 0.15) is 316 Å². The molecule has 2 atom stereocenters. The molecule has 0 fully saturated rings. The first-order chi connectivity index (χ1) is 33.7. The van der Waals surface area contributed by atoms with E-state index in [-0.39, 0.29) is 25.2 Å². The number of amides is 2. The Hall–Kier alpha value is -1.75. The van der Waals surface area contributed by atoms with Gasteiger partial charge in [-0.1, -0.05) is 284 Å². The van der Waals surface area contributed by atoms with Gasteiger partial charge in [-0.25, -0.2) is 4.79 Å². The molecule has 410 valence electrons. The van der Waals surface area contributed by atoms with Crippen LogP contribution in [-0.4, -0.2) is 81.8 Å². The molecular formula is C59H116N2O8. The Balaban J connectivity index is 5.05. The molecule has 0 aromatic carbocycles. The lowest BCUT2D eigenvalue weighted by atomic mass is 9.88. The minimum absolute atomic E-state index is 0.144. The summed E-state index contributed by atoms with van der Waals surface area (Å²) in [7, 11) is 0. The summed E-state index contributed by atoms with van der Waals surface area (Å²) in [4.78, 5) is 40.4. The minimum atomic E-state index is -2.13. The average Bonchev–Trinajstić information content (AvgIpc) is 3.35. The van der Waals surface area contributed by atoms with Gasteiger partial charge < -0.3 is 35.8 Å². The molecule has 0 rings (SSSR count). The Kier molecular flexibility index (Phi) is 48.5. The molecule has 0 aromatic rings. The van der Waals surface area contributed by atoms with Crippen LogP contribution in [-0.2, 0) is 19.1 Å². The highest BCUT2D eigenvalue weighted by Gasteiger charge is 2.48. The fraction of sp³-hybridized carbons (Fsp3) is 0.949. The first-order valence-corrected chi connectivity index (χ1v) is 30.0. The maximum Gasteiger partial charge on any atom is 0.337 e. The number of carbonyl (C=O) groups is 3. The number of rotatable bonds is 55. The molecule has 0 saturated carbocycles. The van der Waals surface area contributed by atoms with E-state index in [4.69, 9.17) is 4.74 Å². The van der Waals surface area contributed by atoms with Gasteiger partial charge in [-0.3, -0.25) is 9.59 Å². The summed E-state index contributed by atoms with van der Waals surface area (Å²) in [5, 5.41) is 48.5. The van der Waals surface area contributed by atoms with E-state index in [2.05, 4.69) is 31.4 Å². The minimum Gasteiger partial charge on any atom is -0.461 e. The van der Waals surface area contributed by atoms with Gasteiger partial charge in [0.1, 0.15) is 12.1 Å². The molecule has 0 aliphatic carbocycles. The molecule has 10 nitrogen and oxygen atoms in total. The van der Waals surface area contributed by atoms with Gasteiger partial charge >= 0.3 is 5.97 Å². The molecule has 0 aromatic heterocycles. The standard InChI is InChI=1S/C59H116N2O8/c1-4-7-10-13-16-19-22-25-27-30-33-36-39-42-45-48-55(66)60-58(50-62,51-63)53-69-57(68)59(52-64,54(65)47-44-41-38-35-32-29-24-21-18-15-12-9-6-3)61-56(67)49-46-43-40-37-34-31-28-26-23-20-17-14-11-8-5-2/h54,62-65H,4-53H2,1-3H3,(H,60,66)(H,61,67). The van der Waals surface area contributed by atoms with Crippen molar-refractivity contribution in [3.8, 4) is 0 Å². The van der Waals surface area contributed by atoms with Gasteiger partial charge in [-0.05, 0) is 19.3 Å². The van der Waals surface area contributed by atoms with Gasteiger partial charge in [0.25, 0.3) is 0 Å². The molecular weight excluding hydrogens is 865 g/mol. The molecule has 2 amide bonds. The number of aliphatic hydroxyl groups is 4. The van der Waals surface area contributed by atoms with Gasteiger partial charge in [-0.15, -0.1) is 0 Å². The fourth-order valence-electron chi connectivity index (χ4n) is 9.65. The van der Waals surface area contributed by atoms with Gasteiger partial charge in [0.2, 0.25) is 11.8 Å². The zero-order chi connectivity index (χ0) is 50.8. The van der Waals surface area contributed by atoms with Crippen LogP contribution >= 0.6 is 0 Å². The van der Waals surface area contributed by atoms with Crippen LogP contribution in [0.4, 0.5) is 0 Å². The molecule has 69 heavy (non-hydrogen) atoms. The van der Waals surface area contributed by atoms with Crippen molar-refractivity contribution in [3.05, 3.63) is 0 Å². The first kappa shape index (κ1) is 67.2. The Morgan fingerprint density at radius 1 is 0.377 bits per heavy atom. The number of ether oxygens (including phenoxy) is 1. The van der Waals surface area contributed by atoms with E-state index in [0.29, 0.717) is 19.3 Å². The number of hydrogen-bond donors (Lipinski definition) is 6. The van der Waals surface area contributed by atoms with Crippen molar-refractivity contribution in [3.63, 3.8) is 0 Å². The fourth-order valence-corrected chi connectivity index (χ4v) is 9.65. The van der Waals surface area contributed by atoms with Gasteiger partial charge in [-0.2, -0.15) is 0 Å². The molecule has 0 aliphatic heterocycles. The van der Waals surface area contributed by atoms with Crippen LogP contribution in [0.5, 0.6) is 0 Å². The lowest BCUT2D eigenvalue weighted by molar-refractivity contribution is -0.167. The predicted molar refractivity (Wildman–Crippen MR) is 289 cm³/mol. The monoisotopic (exact) mass is 981 g/mol. The highest BCUT2D eigenvalue weighted by atomic mass is 16.5.